The molecule has 2 aromatic rings. The van der Waals surface area contributed by atoms with Gasteiger partial charge in [-0.25, -0.2) is 9.67 Å². The first-order valence-corrected chi connectivity index (χ1v) is 6.80. The van der Waals surface area contributed by atoms with Gasteiger partial charge in [0.25, 0.3) is 0 Å². The van der Waals surface area contributed by atoms with E-state index in [1.807, 2.05) is 26.2 Å². The highest BCUT2D eigenvalue weighted by Gasteiger charge is 2.10. The molecule has 1 atom stereocenters. The summed E-state index contributed by atoms with van der Waals surface area (Å²) < 4.78 is 1.74. The van der Waals surface area contributed by atoms with E-state index in [4.69, 9.17) is 11.6 Å². The SMILES string of the molecule is CNC(C)c1ccc(Sc2ncnn2C)cc1Cl. The molecule has 1 aromatic heterocycles. The third-order valence-corrected chi connectivity index (χ3v) is 4.12. The van der Waals surface area contributed by atoms with Gasteiger partial charge < -0.3 is 5.32 Å². The lowest BCUT2D eigenvalue weighted by Gasteiger charge is -2.13. The number of benzene rings is 1. The summed E-state index contributed by atoms with van der Waals surface area (Å²) in [5, 5.41) is 8.83. The van der Waals surface area contributed by atoms with E-state index in [0.29, 0.717) is 0 Å². The quantitative estimate of drug-likeness (QED) is 0.936. The number of nitrogens with one attached hydrogen (secondary N) is 1. The third-order valence-electron chi connectivity index (χ3n) is 2.75. The van der Waals surface area contributed by atoms with Gasteiger partial charge in [-0.05, 0) is 31.7 Å². The first kappa shape index (κ1) is 13.4. The highest BCUT2D eigenvalue weighted by Crippen LogP contribution is 2.31. The van der Waals surface area contributed by atoms with Gasteiger partial charge >= 0.3 is 0 Å². The molecule has 0 amide bonds. The fraction of sp³-hybridized carbons (Fsp3) is 0.333. The Bertz CT molecular complexity index is 541. The molecule has 18 heavy (non-hydrogen) atoms. The van der Waals surface area contributed by atoms with Crippen molar-refractivity contribution in [3.05, 3.63) is 35.1 Å². The number of hydrogen-bond acceptors (Lipinski definition) is 4. The van der Waals surface area contributed by atoms with Gasteiger partial charge in [0.2, 0.25) is 0 Å². The van der Waals surface area contributed by atoms with Gasteiger partial charge in [-0.1, -0.05) is 29.4 Å². The van der Waals surface area contributed by atoms with E-state index in [1.54, 1.807) is 22.8 Å². The molecule has 1 heterocycles. The average molecular weight is 283 g/mol. The molecular formula is C12H15ClN4S. The average Bonchev–Trinajstić information content (AvgIpc) is 2.74. The van der Waals surface area contributed by atoms with E-state index in [1.165, 1.54) is 0 Å². The standard InChI is InChI=1S/C12H15ClN4S/c1-8(14-2)10-5-4-9(6-11(10)13)18-12-15-7-16-17(12)3/h4-8,14H,1-3H3. The Morgan fingerprint density at radius 3 is 2.78 bits per heavy atom. The van der Waals surface area contributed by atoms with Crippen molar-refractivity contribution in [2.24, 2.45) is 7.05 Å². The summed E-state index contributed by atoms with van der Waals surface area (Å²) in [6, 6.07) is 6.30. The molecular weight excluding hydrogens is 268 g/mol. The highest BCUT2D eigenvalue weighted by molar-refractivity contribution is 7.99. The number of aryl methyl sites for hydroxylation is 1. The number of aromatic nitrogens is 3. The number of halogens is 1. The Morgan fingerprint density at radius 1 is 1.44 bits per heavy atom. The molecule has 0 aliphatic heterocycles. The fourth-order valence-corrected chi connectivity index (χ4v) is 2.77. The van der Waals surface area contributed by atoms with Gasteiger partial charge in [0.15, 0.2) is 5.16 Å². The van der Waals surface area contributed by atoms with Crippen molar-refractivity contribution >= 4 is 23.4 Å². The van der Waals surface area contributed by atoms with Gasteiger partial charge in [0, 0.05) is 23.0 Å². The summed E-state index contributed by atoms with van der Waals surface area (Å²) >= 11 is 7.83. The van der Waals surface area contributed by atoms with Crippen molar-refractivity contribution in [2.75, 3.05) is 7.05 Å². The molecule has 2 rings (SSSR count). The smallest absolute Gasteiger partial charge is 0.190 e. The highest BCUT2D eigenvalue weighted by atomic mass is 35.5. The molecule has 0 saturated carbocycles. The lowest BCUT2D eigenvalue weighted by Crippen LogP contribution is -2.12. The summed E-state index contributed by atoms with van der Waals surface area (Å²) in [4.78, 5) is 5.23. The van der Waals surface area contributed by atoms with Crippen LogP contribution in [0.5, 0.6) is 0 Å². The Hall–Kier alpha value is -1.04. The van der Waals surface area contributed by atoms with Crippen LogP contribution in [-0.4, -0.2) is 21.8 Å². The van der Waals surface area contributed by atoms with Crippen LogP contribution in [0.25, 0.3) is 0 Å². The predicted octanol–water partition coefficient (Wildman–Crippen LogP) is 2.90. The van der Waals surface area contributed by atoms with Crippen LogP contribution in [0.15, 0.2) is 34.6 Å². The molecule has 0 saturated heterocycles. The fourth-order valence-electron chi connectivity index (χ4n) is 1.56. The zero-order valence-electron chi connectivity index (χ0n) is 10.5. The van der Waals surface area contributed by atoms with Crippen molar-refractivity contribution in [1.82, 2.24) is 20.1 Å². The monoisotopic (exact) mass is 282 g/mol. The van der Waals surface area contributed by atoms with Crippen LogP contribution in [0.4, 0.5) is 0 Å². The van der Waals surface area contributed by atoms with E-state index in [9.17, 15) is 0 Å². The molecule has 1 unspecified atom stereocenters. The largest absolute Gasteiger partial charge is 0.313 e. The van der Waals surface area contributed by atoms with Gasteiger partial charge in [-0.2, -0.15) is 5.10 Å². The maximum Gasteiger partial charge on any atom is 0.190 e. The Morgan fingerprint density at radius 2 is 2.22 bits per heavy atom. The molecule has 0 radical (unpaired) electrons. The molecule has 1 N–H and O–H groups in total. The maximum absolute atomic E-state index is 6.29. The lowest BCUT2D eigenvalue weighted by molar-refractivity contribution is 0.652. The Labute approximate surface area is 116 Å². The van der Waals surface area contributed by atoms with Gasteiger partial charge in [0.05, 0.1) is 0 Å². The summed E-state index contributed by atoms with van der Waals surface area (Å²) in [5.74, 6) is 0. The van der Waals surface area contributed by atoms with Gasteiger partial charge in [0.1, 0.15) is 6.33 Å². The zero-order chi connectivity index (χ0) is 13.1. The van der Waals surface area contributed by atoms with Crippen LogP contribution >= 0.6 is 23.4 Å². The Balaban J connectivity index is 2.21. The van der Waals surface area contributed by atoms with Crippen LogP contribution in [0.3, 0.4) is 0 Å². The molecule has 96 valence electrons. The molecule has 0 bridgehead atoms. The first-order chi connectivity index (χ1) is 8.61. The minimum Gasteiger partial charge on any atom is -0.313 e. The summed E-state index contributed by atoms with van der Waals surface area (Å²) in [6.07, 6.45) is 1.54. The van der Waals surface area contributed by atoms with Crippen LogP contribution in [0.1, 0.15) is 18.5 Å². The molecule has 1 aromatic carbocycles. The second kappa shape index (κ2) is 5.73. The molecule has 0 spiro atoms. The van der Waals surface area contributed by atoms with E-state index in [2.05, 4.69) is 28.4 Å². The Kier molecular flexibility index (Phi) is 4.27. The van der Waals surface area contributed by atoms with Crippen LogP contribution in [0.2, 0.25) is 5.02 Å². The predicted molar refractivity (Wildman–Crippen MR) is 74.1 cm³/mol. The summed E-state index contributed by atoms with van der Waals surface area (Å²) in [7, 11) is 3.79. The number of rotatable bonds is 4. The minimum atomic E-state index is 0.242. The maximum atomic E-state index is 6.29. The number of hydrogen-bond donors (Lipinski definition) is 1. The van der Waals surface area contributed by atoms with Crippen LogP contribution in [0, 0.1) is 0 Å². The van der Waals surface area contributed by atoms with Crippen LogP contribution in [-0.2, 0) is 7.05 Å². The lowest BCUT2D eigenvalue weighted by atomic mass is 10.1. The van der Waals surface area contributed by atoms with E-state index >= 15 is 0 Å². The third kappa shape index (κ3) is 2.85. The normalized spacial score (nSPS) is 12.7. The van der Waals surface area contributed by atoms with Crippen molar-refractivity contribution in [3.63, 3.8) is 0 Å². The first-order valence-electron chi connectivity index (χ1n) is 5.60. The van der Waals surface area contributed by atoms with E-state index < -0.39 is 0 Å². The van der Waals surface area contributed by atoms with Crippen molar-refractivity contribution in [3.8, 4) is 0 Å². The zero-order valence-corrected chi connectivity index (χ0v) is 12.1. The molecule has 4 nitrogen and oxygen atoms in total. The molecule has 6 heteroatoms. The molecule has 0 aliphatic carbocycles. The molecule has 0 fully saturated rings. The summed E-state index contributed by atoms with van der Waals surface area (Å²) in [5.41, 5.74) is 1.10. The van der Waals surface area contributed by atoms with E-state index in [0.717, 1.165) is 20.6 Å². The van der Waals surface area contributed by atoms with Crippen molar-refractivity contribution in [1.29, 1.82) is 0 Å². The minimum absolute atomic E-state index is 0.242. The van der Waals surface area contributed by atoms with E-state index in [-0.39, 0.29) is 6.04 Å². The van der Waals surface area contributed by atoms with Crippen molar-refractivity contribution < 1.29 is 0 Å². The summed E-state index contributed by atoms with van der Waals surface area (Å²) in [6.45, 7) is 2.08. The second-order valence-electron chi connectivity index (χ2n) is 3.96. The van der Waals surface area contributed by atoms with Gasteiger partial charge in [-0.3, -0.25) is 0 Å². The molecule has 0 aliphatic rings. The topological polar surface area (TPSA) is 42.7 Å². The second-order valence-corrected chi connectivity index (χ2v) is 5.41. The number of nitrogens with zero attached hydrogens (tertiary/aromatic N) is 3. The van der Waals surface area contributed by atoms with Crippen LogP contribution < -0.4 is 5.32 Å². The van der Waals surface area contributed by atoms with Crippen molar-refractivity contribution in [2.45, 2.75) is 23.0 Å². The van der Waals surface area contributed by atoms with Gasteiger partial charge in [-0.15, -0.1) is 0 Å².